The Kier molecular flexibility index (Phi) is 6.85. The van der Waals surface area contributed by atoms with Crippen molar-refractivity contribution < 1.29 is 9.59 Å². The van der Waals surface area contributed by atoms with Gasteiger partial charge in [-0.2, -0.15) is 0 Å². The van der Waals surface area contributed by atoms with E-state index >= 15 is 0 Å². The standard InChI is InChI=1S/C19H27N3O2.ClH/c1-14-3-5-15(6-4-14)13-22-17(7-8-18(22)23)19(24)21-10-9-16(12-21)11-20-2;/h3-6,16-17,20H,7-13H2,1-2H3;1H. The molecule has 2 unspecified atom stereocenters. The van der Waals surface area contributed by atoms with E-state index in [1.54, 1.807) is 4.90 Å². The van der Waals surface area contributed by atoms with Gasteiger partial charge in [0.2, 0.25) is 11.8 Å². The summed E-state index contributed by atoms with van der Waals surface area (Å²) >= 11 is 0. The van der Waals surface area contributed by atoms with Gasteiger partial charge < -0.3 is 15.1 Å². The predicted octanol–water partition coefficient (Wildman–Crippen LogP) is 1.98. The zero-order valence-corrected chi connectivity index (χ0v) is 15.8. The van der Waals surface area contributed by atoms with Crippen molar-refractivity contribution in [3.8, 4) is 0 Å². The van der Waals surface area contributed by atoms with Gasteiger partial charge in [0, 0.05) is 26.1 Å². The fraction of sp³-hybridized carbons (Fsp3) is 0.579. The molecule has 2 saturated heterocycles. The molecule has 1 N–H and O–H groups in total. The van der Waals surface area contributed by atoms with Crippen molar-refractivity contribution in [2.75, 3.05) is 26.7 Å². The van der Waals surface area contributed by atoms with E-state index in [1.807, 2.05) is 31.0 Å². The van der Waals surface area contributed by atoms with Crippen LogP contribution >= 0.6 is 12.4 Å². The molecule has 5 nitrogen and oxygen atoms in total. The lowest BCUT2D eigenvalue weighted by molar-refractivity contribution is -0.141. The minimum Gasteiger partial charge on any atom is -0.341 e. The molecule has 0 aromatic heterocycles. The number of hydrogen-bond acceptors (Lipinski definition) is 3. The number of hydrogen-bond donors (Lipinski definition) is 1. The minimum atomic E-state index is -0.285. The number of amides is 2. The molecule has 2 aliphatic heterocycles. The minimum absolute atomic E-state index is 0. The second kappa shape index (κ2) is 8.68. The van der Waals surface area contributed by atoms with E-state index in [9.17, 15) is 9.59 Å². The summed E-state index contributed by atoms with van der Waals surface area (Å²) in [4.78, 5) is 28.9. The summed E-state index contributed by atoms with van der Waals surface area (Å²) in [6, 6.07) is 7.90. The Labute approximate surface area is 156 Å². The molecule has 3 rings (SSSR count). The topological polar surface area (TPSA) is 52.7 Å². The van der Waals surface area contributed by atoms with Gasteiger partial charge in [0.15, 0.2) is 0 Å². The van der Waals surface area contributed by atoms with Gasteiger partial charge in [-0.15, -0.1) is 12.4 Å². The first-order valence-electron chi connectivity index (χ1n) is 8.87. The van der Waals surface area contributed by atoms with Crippen molar-refractivity contribution in [1.82, 2.24) is 15.1 Å². The van der Waals surface area contributed by atoms with Crippen LogP contribution < -0.4 is 5.32 Å². The summed E-state index contributed by atoms with van der Waals surface area (Å²) in [7, 11) is 1.95. The first kappa shape index (κ1) is 19.7. The highest BCUT2D eigenvalue weighted by Crippen LogP contribution is 2.26. The SMILES string of the molecule is CNCC1CCN(C(=O)C2CCC(=O)N2Cc2ccc(C)cc2)C1.Cl. The number of carbonyl (C=O) groups is 2. The van der Waals surface area contributed by atoms with E-state index in [1.165, 1.54) is 5.56 Å². The molecule has 1 aromatic carbocycles. The van der Waals surface area contributed by atoms with Gasteiger partial charge in [0.1, 0.15) is 6.04 Å². The summed E-state index contributed by atoms with van der Waals surface area (Å²) < 4.78 is 0. The molecule has 2 amide bonds. The Morgan fingerprint density at radius 1 is 1.24 bits per heavy atom. The molecule has 2 atom stereocenters. The van der Waals surface area contributed by atoms with E-state index in [0.717, 1.165) is 31.6 Å². The maximum atomic E-state index is 12.9. The Morgan fingerprint density at radius 2 is 1.96 bits per heavy atom. The molecule has 2 aliphatic rings. The average Bonchev–Trinajstić information content (AvgIpc) is 3.17. The van der Waals surface area contributed by atoms with Gasteiger partial charge in [0.05, 0.1) is 0 Å². The van der Waals surface area contributed by atoms with Gasteiger partial charge in [-0.3, -0.25) is 9.59 Å². The van der Waals surface area contributed by atoms with E-state index in [4.69, 9.17) is 0 Å². The maximum Gasteiger partial charge on any atom is 0.245 e. The van der Waals surface area contributed by atoms with Gasteiger partial charge in [0.25, 0.3) is 0 Å². The Morgan fingerprint density at radius 3 is 2.64 bits per heavy atom. The van der Waals surface area contributed by atoms with Crippen LogP contribution in [0.2, 0.25) is 0 Å². The highest BCUT2D eigenvalue weighted by molar-refractivity contribution is 5.91. The molecule has 2 fully saturated rings. The number of aryl methyl sites for hydroxylation is 1. The van der Waals surface area contributed by atoms with Crippen LogP contribution in [0.1, 0.15) is 30.4 Å². The van der Waals surface area contributed by atoms with Crippen molar-refractivity contribution >= 4 is 24.2 Å². The molecule has 2 heterocycles. The lowest BCUT2D eigenvalue weighted by Gasteiger charge is -2.28. The van der Waals surface area contributed by atoms with Crippen molar-refractivity contribution in [3.05, 3.63) is 35.4 Å². The predicted molar refractivity (Wildman–Crippen MR) is 101 cm³/mol. The summed E-state index contributed by atoms with van der Waals surface area (Å²) in [5.41, 5.74) is 2.29. The fourth-order valence-electron chi connectivity index (χ4n) is 3.78. The van der Waals surface area contributed by atoms with E-state index in [2.05, 4.69) is 17.4 Å². The summed E-state index contributed by atoms with van der Waals surface area (Å²) in [5, 5.41) is 3.19. The van der Waals surface area contributed by atoms with Crippen LogP contribution in [0.15, 0.2) is 24.3 Å². The van der Waals surface area contributed by atoms with E-state index in [-0.39, 0.29) is 30.3 Å². The number of benzene rings is 1. The first-order valence-corrected chi connectivity index (χ1v) is 8.87. The van der Waals surface area contributed by atoms with Crippen LogP contribution in [0.5, 0.6) is 0 Å². The molecule has 138 valence electrons. The fourth-order valence-corrected chi connectivity index (χ4v) is 3.78. The average molecular weight is 366 g/mol. The van der Waals surface area contributed by atoms with Crippen LogP contribution in [0, 0.1) is 12.8 Å². The second-order valence-electron chi connectivity index (χ2n) is 7.06. The third-order valence-corrected chi connectivity index (χ3v) is 5.18. The Balaban J connectivity index is 0.00000225. The molecule has 0 aliphatic carbocycles. The highest BCUT2D eigenvalue weighted by Gasteiger charge is 2.39. The molecule has 0 spiro atoms. The number of likely N-dealkylation sites (tertiary alicyclic amines) is 2. The molecule has 0 radical (unpaired) electrons. The summed E-state index contributed by atoms with van der Waals surface area (Å²) in [5.74, 6) is 0.757. The lowest BCUT2D eigenvalue weighted by atomic mass is 10.1. The number of nitrogens with zero attached hydrogens (tertiary/aromatic N) is 2. The van der Waals surface area contributed by atoms with Crippen molar-refractivity contribution in [2.45, 2.75) is 38.8 Å². The highest BCUT2D eigenvalue weighted by atomic mass is 35.5. The van der Waals surface area contributed by atoms with Gasteiger partial charge in [-0.25, -0.2) is 0 Å². The van der Waals surface area contributed by atoms with Crippen molar-refractivity contribution in [2.24, 2.45) is 5.92 Å². The molecular weight excluding hydrogens is 338 g/mol. The van der Waals surface area contributed by atoms with Crippen LogP contribution in [-0.2, 0) is 16.1 Å². The van der Waals surface area contributed by atoms with Crippen molar-refractivity contribution in [1.29, 1.82) is 0 Å². The van der Waals surface area contributed by atoms with E-state index in [0.29, 0.717) is 25.3 Å². The van der Waals surface area contributed by atoms with Crippen molar-refractivity contribution in [3.63, 3.8) is 0 Å². The van der Waals surface area contributed by atoms with Gasteiger partial charge >= 0.3 is 0 Å². The van der Waals surface area contributed by atoms with Crippen LogP contribution in [-0.4, -0.2) is 54.3 Å². The zero-order chi connectivity index (χ0) is 17.1. The zero-order valence-electron chi connectivity index (χ0n) is 15.0. The molecular formula is C19H28ClN3O2. The molecule has 0 bridgehead atoms. The molecule has 6 heteroatoms. The lowest BCUT2D eigenvalue weighted by Crippen LogP contribution is -2.45. The Bertz CT molecular complexity index is 605. The third kappa shape index (κ3) is 4.53. The molecule has 1 aromatic rings. The van der Waals surface area contributed by atoms with E-state index < -0.39 is 0 Å². The number of halogens is 1. The largest absolute Gasteiger partial charge is 0.341 e. The number of carbonyl (C=O) groups excluding carboxylic acids is 2. The van der Waals surface area contributed by atoms with Crippen LogP contribution in [0.25, 0.3) is 0 Å². The smallest absolute Gasteiger partial charge is 0.245 e. The quantitative estimate of drug-likeness (QED) is 0.868. The second-order valence-corrected chi connectivity index (χ2v) is 7.06. The van der Waals surface area contributed by atoms with Crippen LogP contribution in [0.3, 0.4) is 0 Å². The summed E-state index contributed by atoms with van der Waals surface area (Å²) in [6.45, 7) is 5.15. The number of rotatable bonds is 5. The third-order valence-electron chi connectivity index (χ3n) is 5.18. The maximum absolute atomic E-state index is 12.9. The van der Waals surface area contributed by atoms with Gasteiger partial charge in [-0.1, -0.05) is 29.8 Å². The summed E-state index contributed by atoms with van der Waals surface area (Å²) in [6.07, 6.45) is 2.18. The normalized spacial score (nSPS) is 23.0. The first-order chi connectivity index (χ1) is 11.6. The van der Waals surface area contributed by atoms with Gasteiger partial charge in [-0.05, 0) is 44.8 Å². The monoisotopic (exact) mass is 365 g/mol. The molecule has 25 heavy (non-hydrogen) atoms. The number of nitrogens with one attached hydrogen (secondary N) is 1. The van der Waals surface area contributed by atoms with Crippen LogP contribution in [0.4, 0.5) is 0 Å². The Hall–Kier alpha value is -1.59. The molecule has 0 saturated carbocycles.